The van der Waals surface area contributed by atoms with E-state index in [1.807, 2.05) is 0 Å². The van der Waals surface area contributed by atoms with Crippen LogP contribution in [0, 0.1) is 17.1 Å². The molecule has 1 rings (SSSR count). The Bertz CT molecular complexity index is 398. The summed E-state index contributed by atoms with van der Waals surface area (Å²) in [5, 5.41) is 10.4. The summed E-state index contributed by atoms with van der Waals surface area (Å²) in [6, 6.07) is 5.24. The number of halogens is 1. The Balaban J connectivity index is 2.87. The minimum atomic E-state index is -0.838. The molecule has 72 valence electrons. The van der Waals surface area contributed by atoms with Crippen LogP contribution >= 0.6 is 0 Å². The Hall–Kier alpha value is -2.09. The Morgan fingerprint density at radius 3 is 2.86 bits per heavy atom. The molecule has 1 aromatic rings. The van der Waals surface area contributed by atoms with Crippen LogP contribution < -0.4 is 10.1 Å². The molecule has 0 aliphatic carbocycles. The van der Waals surface area contributed by atoms with Crippen molar-refractivity contribution in [1.29, 1.82) is 5.26 Å². The van der Waals surface area contributed by atoms with Crippen molar-refractivity contribution in [2.45, 2.75) is 0 Å². The third-order valence-corrected chi connectivity index (χ3v) is 1.51. The number of amides is 1. The first-order chi connectivity index (χ1) is 6.67. The van der Waals surface area contributed by atoms with Crippen LogP contribution in [0.2, 0.25) is 0 Å². The van der Waals surface area contributed by atoms with Gasteiger partial charge in [-0.3, -0.25) is 4.79 Å². The van der Waals surface area contributed by atoms with Crippen LogP contribution in [-0.4, -0.2) is 13.0 Å². The molecule has 1 aromatic carbocycles. The minimum Gasteiger partial charge on any atom is -0.494 e. The SMILES string of the molecule is COc1ccc(NC(=O)C#N)cc1F. The van der Waals surface area contributed by atoms with Gasteiger partial charge in [0, 0.05) is 11.8 Å². The molecule has 0 saturated heterocycles. The molecule has 0 aromatic heterocycles. The zero-order valence-corrected chi connectivity index (χ0v) is 7.37. The van der Waals surface area contributed by atoms with Crippen LogP contribution in [0.5, 0.6) is 5.75 Å². The predicted molar refractivity (Wildman–Crippen MR) is 47.2 cm³/mol. The summed E-state index contributed by atoms with van der Waals surface area (Å²) in [6.45, 7) is 0. The summed E-state index contributed by atoms with van der Waals surface area (Å²) in [5.74, 6) is -1.35. The fraction of sp³-hybridized carbons (Fsp3) is 0.111. The van der Waals surface area contributed by atoms with Crippen LogP contribution in [0.3, 0.4) is 0 Å². The zero-order chi connectivity index (χ0) is 10.6. The van der Waals surface area contributed by atoms with Gasteiger partial charge in [-0.15, -0.1) is 0 Å². The predicted octanol–water partition coefficient (Wildman–Crippen LogP) is 1.30. The van der Waals surface area contributed by atoms with Crippen molar-refractivity contribution in [2.75, 3.05) is 12.4 Å². The van der Waals surface area contributed by atoms with Crippen molar-refractivity contribution in [1.82, 2.24) is 0 Å². The number of nitriles is 1. The summed E-state index contributed by atoms with van der Waals surface area (Å²) in [6.07, 6.45) is 0. The first-order valence-corrected chi connectivity index (χ1v) is 3.72. The Morgan fingerprint density at radius 2 is 2.36 bits per heavy atom. The van der Waals surface area contributed by atoms with Gasteiger partial charge in [-0.2, -0.15) is 5.26 Å². The lowest BCUT2D eigenvalue weighted by atomic mass is 10.3. The monoisotopic (exact) mass is 194 g/mol. The highest BCUT2D eigenvalue weighted by molar-refractivity contribution is 6.02. The molecule has 0 unspecified atom stereocenters. The van der Waals surface area contributed by atoms with E-state index in [0.29, 0.717) is 0 Å². The van der Waals surface area contributed by atoms with Gasteiger partial charge in [0.15, 0.2) is 17.6 Å². The Kier molecular flexibility index (Phi) is 3.02. The van der Waals surface area contributed by atoms with Gasteiger partial charge in [-0.25, -0.2) is 4.39 Å². The topological polar surface area (TPSA) is 62.1 Å². The summed E-state index contributed by atoms with van der Waals surface area (Å²) in [5.41, 5.74) is 0.217. The summed E-state index contributed by atoms with van der Waals surface area (Å²) < 4.78 is 17.7. The summed E-state index contributed by atoms with van der Waals surface area (Å²) in [7, 11) is 1.34. The number of benzene rings is 1. The van der Waals surface area contributed by atoms with Crippen LogP contribution in [0.25, 0.3) is 0 Å². The molecule has 0 fully saturated rings. The molecule has 0 radical (unpaired) electrons. The molecule has 0 saturated carbocycles. The van der Waals surface area contributed by atoms with Gasteiger partial charge in [0.2, 0.25) is 0 Å². The lowest BCUT2D eigenvalue weighted by molar-refractivity contribution is -0.111. The molecule has 1 N–H and O–H groups in total. The molecule has 0 bridgehead atoms. The molecule has 1 amide bonds. The van der Waals surface area contributed by atoms with Crippen molar-refractivity contribution in [3.63, 3.8) is 0 Å². The van der Waals surface area contributed by atoms with Crippen molar-refractivity contribution in [2.24, 2.45) is 0 Å². The van der Waals surface area contributed by atoms with Crippen LogP contribution in [0.15, 0.2) is 18.2 Å². The number of rotatable bonds is 2. The second kappa shape index (κ2) is 4.23. The first kappa shape index (κ1) is 9.99. The van der Waals surface area contributed by atoms with E-state index in [-0.39, 0.29) is 11.4 Å². The maximum atomic E-state index is 13.0. The summed E-state index contributed by atoms with van der Waals surface area (Å²) in [4.78, 5) is 10.6. The van der Waals surface area contributed by atoms with Gasteiger partial charge in [0.05, 0.1) is 7.11 Å². The van der Waals surface area contributed by atoms with Crippen molar-refractivity contribution in [3.05, 3.63) is 24.0 Å². The molecule has 5 heteroatoms. The average molecular weight is 194 g/mol. The fourth-order valence-electron chi connectivity index (χ4n) is 0.903. The zero-order valence-electron chi connectivity index (χ0n) is 7.37. The fourth-order valence-corrected chi connectivity index (χ4v) is 0.903. The lowest BCUT2D eigenvalue weighted by Gasteiger charge is -2.04. The van der Waals surface area contributed by atoms with Crippen LogP contribution in [0.4, 0.5) is 10.1 Å². The number of anilines is 1. The number of carbonyl (C=O) groups is 1. The normalized spacial score (nSPS) is 8.93. The molecule has 0 spiro atoms. The van der Waals surface area contributed by atoms with Gasteiger partial charge < -0.3 is 10.1 Å². The summed E-state index contributed by atoms with van der Waals surface area (Å²) >= 11 is 0. The quantitative estimate of drug-likeness (QED) is 0.721. The number of carbonyl (C=O) groups excluding carboxylic acids is 1. The standard InChI is InChI=1S/C9H7FN2O2/c1-14-8-3-2-6(4-7(8)10)12-9(13)5-11/h2-4H,1H3,(H,12,13). The number of methoxy groups -OCH3 is 1. The maximum Gasteiger partial charge on any atom is 0.326 e. The number of nitrogens with zero attached hydrogens (tertiary/aromatic N) is 1. The second-order valence-corrected chi connectivity index (χ2v) is 2.42. The van der Waals surface area contributed by atoms with E-state index >= 15 is 0 Å². The van der Waals surface area contributed by atoms with E-state index in [0.717, 1.165) is 6.07 Å². The molecule has 14 heavy (non-hydrogen) atoms. The molecule has 0 aliphatic rings. The average Bonchev–Trinajstić information content (AvgIpc) is 2.18. The third-order valence-electron chi connectivity index (χ3n) is 1.51. The first-order valence-electron chi connectivity index (χ1n) is 3.72. The highest BCUT2D eigenvalue weighted by Crippen LogP contribution is 2.20. The van der Waals surface area contributed by atoms with Gasteiger partial charge in [-0.05, 0) is 12.1 Å². The number of hydrogen-bond donors (Lipinski definition) is 1. The van der Waals surface area contributed by atoms with Gasteiger partial charge in [0.1, 0.15) is 0 Å². The Labute approximate surface area is 79.9 Å². The van der Waals surface area contributed by atoms with Crippen LogP contribution in [-0.2, 0) is 4.79 Å². The lowest BCUT2D eigenvalue weighted by Crippen LogP contribution is -2.08. The number of nitrogens with one attached hydrogen (secondary N) is 1. The number of ether oxygens (including phenoxy) is 1. The second-order valence-electron chi connectivity index (χ2n) is 2.42. The van der Waals surface area contributed by atoms with Crippen molar-refractivity contribution in [3.8, 4) is 11.8 Å². The molecule has 0 heterocycles. The van der Waals surface area contributed by atoms with Gasteiger partial charge in [-0.1, -0.05) is 0 Å². The minimum absolute atomic E-state index is 0.0833. The van der Waals surface area contributed by atoms with Crippen molar-refractivity contribution >= 4 is 11.6 Å². The highest BCUT2D eigenvalue weighted by atomic mass is 19.1. The molecule has 4 nitrogen and oxygen atoms in total. The van der Waals surface area contributed by atoms with E-state index in [1.165, 1.54) is 25.3 Å². The van der Waals surface area contributed by atoms with E-state index < -0.39 is 11.7 Å². The highest BCUT2D eigenvalue weighted by Gasteiger charge is 2.05. The van der Waals surface area contributed by atoms with Crippen LogP contribution in [0.1, 0.15) is 0 Å². The molecular formula is C9H7FN2O2. The number of hydrogen-bond acceptors (Lipinski definition) is 3. The maximum absolute atomic E-state index is 13.0. The molecular weight excluding hydrogens is 187 g/mol. The third kappa shape index (κ3) is 2.20. The van der Waals surface area contributed by atoms with E-state index in [1.54, 1.807) is 0 Å². The van der Waals surface area contributed by atoms with Gasteiger partial charge >= 0.3 is 5.91 Å². The smallest absolute Gasteiger partial charge is 0.326 e. The molecule has 0 atom stereocenters. The van der Waals surface area contributed by atoms with Gasteiger partial charge in [0.25, 0.3) is 0 Å². The van der Waals surface area contributed by atoms with E-state index in [4.69, 9.17) is 5.26 Å². The Morgan fingerprint density at radius 1 is 1.64 bits per heavy atom. The van der Waals surface area contributed by atoms with Crippen molar-refractivity contribution < 1.29 is 13.9 Å². The largest absolute Gasteiger partial charge is 0.494 e. The van der Waals surface area contributed by atoms with E-state index in [2.05, 4.69) is 10.1 Å². The molecule has 0 aliphatic heterocycles. The van der Waals surface area contributed by atoms with E-state index in [9.17, 15) is 9.18 Å².